The molecule has 4 aliphatic heterocycles. The van der Waals surface area contributed by atoms with E-state index in [1.807, 2.05) is 0 Å². The van der Waals surface area contributed by atoms with Crippen LogP contribution in [0.2, 0.25) is 0 Å². The summed E-state index contributed by atoms with van der Waals surface area (Å²) >= 11 is 0. The van der Waals surface area contributed by atoms with Gasteiger partial charge in [-0.1, -0.05) is 26.8 Å². The summed E-state index contributed by atoms with van der Waals surface area (Å²) in [6, 6.07) is 0. The van der Waals surface area contributed by atoms with E-state index >= 15 is 0 Å². The number of ketones is 1. The van der Waals surface area contributed by atoms with E-state index in [1.165, 1.54) is 6.92 Å². The third-order valence-electron chi connectivity index (χ3n) is 9.33. The molecule has 0 amide bonds. The Morgan fingerprint density at radius 3 is 2.69 bits per heavy atom. The Balaban J connectivity index is 1.67. The lowest BCUT2D eigenvalue weighted by Gasteiger charge is -2.79. The van der Waals surface area contributed by atoms with E-state index in [0.717, 1.165) is 12.8 Å². The molecule has 7 bridgehead atoms. The highest BCUT2D eigenvalue weighted by molar-refractivity contribution is 6.05. The maximum absolute atomic E-state index is 13.7. The number of aliphatic hydroxyl groups excluding tert-OH is 1. The lowest BCUT2D eigenvalue weighted by molar-refractivity contribution is -0.554. The molecule has 8 fully saturated rings. The van der Waals surface area contributed by atoms with Gasteiger partial charge in [0.2, 0.25) is 5.79 Å². The van der Waals surface area contributed by atoms with E-state index in [2.05, 4.69) is 20.4 Å². The Morgan fingerprint density at radius 2 is 2.00 bits per heavy atom. The molecule has 4 aliphatic carbocycles. The molecule has 7 heteroatoms. The number of aliphatic hydroxyl groups is 2. The van der Waals surface area contributed by atoms with Crippen molar-refractivity contribution in [2.75, 3.05) is 0 Å². The van der Waals surface area contributed by atoms with Gasteiger partial charge in [-0.05, 0) is 30.3 Å². The van der Waals surface area contributed by atoms with Gasteiger partial charge >= 0.3 is 5.97 Å². The highest BCUT2D eigenvalue weighted by atomic mass is 16.8. The first-order chi connectivity index (χ1) is 13.5. The van der Waals surface area contributed by atoms with Crippen molar-refractivity contribution in [2.24, 2.45) is 34.0 Å². The number of carbonyl (C=O) groups excluding carboxylic acids is 2. The van der Waals surface area contributed by atoms with Gasteiger partial charge in [0.05, 0.1) is 6.10 Å². The van der Waals surface area contributed by atoms with Crippen molar-refractivity contribution in [3.05, 3.63) is 12.2 Å². The maximum atomic E-state index is 13.7. The molecule has 1 unspecified atom stereocenters. The van der Waals surface area contributed by atoms with Crippen molar-refractivity contribution in [2.45, 2.75) is 76.8 Å². The van der Waals surface area contributed by atoms with Gasteiger partial charge < -0.3 is 24.4 Å². The minimum Gasteiger partial charge on any atom is -0.462 e. The second kappa shape index (κ2) is 4.96. The Bertz CT molecular complexity index is 865. The molecular weight excluding hydrogens is 376 g/mol. The second-order valence-corrected chi connectivity index (χ2v) is 10.8. The lowest BCUT2D eigenvalue weighted by atomic mass is 9.34. The van der Waals surface area contributed by atoms with Crippen LogP contribution in [0.4, 0.5) is 0 Å². The van der Waals surface area contributed by atoms with Crippen LogP contribution in [0.5, 0.6) is 0 Å². The van der Waals surface area contributed by atoms with Gasteiger partial charge in [0, 0.05) is 30.1 Å². The van der Waals surface area contributed by atoms with E-state index in [9.17, 15) is 19.8 Å². The number of hydrogen-bond donors (Lipinski definition) is 2. The Hall–Kier alpha value is -1.28. The maximum Gasteiger partial charge on any atom is 0.302 e. The molecule has 4 heterocycles. The zero-order valence-corrected chi connectivity index (χ0v) is 17.0. The number of rotatable bonds is 1. The zero-order valence-electron chi connectivity index (χ0n) is 17.0. The number of hydrogen-bond acceptors (Lipinski definition) is 7. The van der Waals surface area contributed by atoms with Gasteiger partial charge in [-0.25, -0.2) is 0 Å². The number of ether oxygens (including phenoxy) is 3. The van der Waals surface area contributed by atoms with Crippen LogP contribution < -0.4 is 0 Å². The Labute approximate surface area is 169 Å². The third-order valence-corrected chi connectivity index (χ3v) is 9.33. The van der Waals surface area contributed by atoms with Gasteiger partial charge in [0.15, 0.2) is 12.1 Å². The van der Waals surface area contributed by atoms with E-state index in [-0.39, 0.29) is 23.0 Å². The topological polar surface area (TPSA) is 102 Å². The Morgan fingerprint density at radius 1 is 1.28 bits per heavy atom. The first-order valence-corrected chi connectivity index (χ1v) is 10.7. The molecular formula is C22H28O7. The number of esters is 1. The first kappa shape index (κ1) is 18.5. The van der Waals surface area contributed by atoms with E-state index in [4.69, 9.17) is 14.2 Å². The molecule has 0 aromatic rings. The monoisotopic (exact) mass is 404 g/mol. The molecule has 8 aliphatic rings. The van der Waals surface area contributed by atoms with E-state index < -0.39 is 53.1 Å². The predicted molar refractivity (Wildman–Crippen MR) is 98.0 cm³/mol. The van der Waals surface area contributed by atoms with Crippen LogP contribution in [-0.2, 0) is 23.8 Å². The lowest BCUT2D eigenvalue weighted by Crippen LogP contribution is -2.91. The molecule has 2 spiro atoms. The number of carbonyl (C=O) groups is 2. The minimum atomic E-state index is -2.07. The highest BCUT2D eigenvalue weighted by Gasteiger charge is 2.93. The fraction of sp³-hybridized carbons (Fsp3) is 0.818. The average molecular weight is 404 g/mol. The Kier molecular flexibility index (Phi) is 3.16. The van der Waals surface area contributed by atoms with Crippen molar-refractivity contribution in [1.29, 1.82) is 0 Å². The average Bonchev–Trinajstić information content (AvgIpc) is 2.76. The zero-order chi connectivity index (χ0) is 20.7. The predicted octanol–water partition coefficient (Wildman–Crippen LogP) is 1.31. The normalized spacial score (nSPS) is 58.3. The smallest absolute Gasteiger partial charge is 0.302 e. The summed E-state index contributed by atoms with van der Waals surface area (Å²) in [6.45, 7) is 9.58. The summed E-state index contributed by atoms with van der Waals surface area (Å²) in [5.74, 6) is -3.92. The fourth-order valence-corrected chi connectivity index (χ4v) is 8.79. The fourth-order valence-electron chi connectivity index (χ4n) is 8.79. The largest absolute Gasteiger partial charge is 0.462 e. The molecule has 4 saturated heterocycles. The minimum absolute atomic E-state index is 0.290. The van der Waals surface area contributed by atoms with Crippen molar-refractivity contribution in [3.8, 4) is 0 Å². The first-order valence-electron chi connectivity index (χ1n) is 10.7. The van der Waals surface area contributed by atoms with Gasteiger partial charge in [0.25, 0.3) is 0 Å². The summed E-state index contributed by atoms with van der Waals surface area (Å²) in [5.41, 5.74) is -2.09. The quantitative estimate of drug-likeness (QED) is 0.502. The summed E-state index contributed by atoms with van der Waals surface area (Å²) < 4.78 is 18.3. The molecule has 7 nitrogen and oxygen atoms in total. The summed E-state index contributed by atoms with van der Waals surface area (Å²) in [7, 11) is 0. The van der Waals surface area contributed by atoms with Gasteiger partial charge in [-0.15, -0.1) is 0 Å². The van der Waals surface area contributed by atoms with Crippen LogP contribution in [0.15, 0.2) is 12.2 Å². The molecule has 0 aromatic carbocycles. The van der Waals surface area contributed by atoms with Crippen LogP contribution in [0.3, 0.4) is 0 Å². The van der Waals surface area contributed by atoms with Crippen LogP contribution in [0.1, 0.15) is 46.5 Å². The summed E-state index contributed by atoms with van der Waals surface area (Å²) in [4.78, 5) is 25.7. The van der Waals surface area contributed by atoms with Crippen LogP contribution in [0, 0.1) is 34.0 Å². The molecule has 0 radical (unpaired) electrons. The molecule has 0 aromatic heterocycles. The molecule has 10 atom stereocenters. The molecule has 4 saturated carbocycles. The van der Waals surface area contributed by atoms with Crippen LogP contribution in [0.25, 0.3) is 0 Å². The van der Waals surface area contributed by atoms with E-state index in [0.29, 0.717) is 18.4 Å². The van der Waals surface area contributed by atoms with Crippen molar-refractivity contribution in [3.63, 3.8) is 0 Å². The summed E-state index contributed by atoms with van der Waals surface area (Å²) in [6.07, 6.45) is -0.170. The van der Waals surface area contributed by atoms with Gasteiger partial charge in [-0.3, -0.25) is 9.59 Å². The van der Waals surface area contributed by atoms with Crippen LogP contribution in [-0.4, -0.2) is 52.4 Å². The summed E-state index contributed by atoms with van der Waals surface area (Å²) in [5, 5.41) is 23.4. The third kappa shape index (κ3) is 1.61. The molecule has 8 rings (SSSR count). The van der Waals surface area contributed by atoms with Crippen molar-refractivity contribution in [1.82, 2.24) is 0 Å². The molecule has 2 N–H and O–H groups in total. The molecule has 29 heavy (non-hydrogen) atoms. The second-order valence-electron chi connectivity index (χ2n) is 10.8. The molecule has 158 valence electrons. The van der Waals surface area contributed by atoms with Crippen molar-refractivity contribution >= 4 is 11.8 Å². The standard InChI is InChI=1S/C22H28O7/c1-9-11-8-12(27-10(2)23)13-20-7-5-6-19(3,4)14(20)16(25)22(26)21(13,15(9)24)17(11)28-18(20)29-22/h11-14,16-18,25-26H,1,5-8H2,2-4H3/t11-,12-,13-,14+,16-,17-,18?,20+,21+,22+/m0/s1. The highest BCUT2D eigenvalue weighted by Crippen LogP contribution is 2.81. The van der Waals surface area contributed by atoms with Crippen molar-refractivity contribution < 1.29 is 34.0 Å². The SMILES string of the molecule is C=C1C(=O)[C@]23[C@H]4OC5O[C@]2(O)[C@@H](O)[C@@H]2C(C)(C)CCC[C@]52[C@@H]3[C@@H](OC(C)=O)C[C@@H]14. The number of Topliss-reactive ketones (excluding diaryl/α,β-unsaturated/α-hetero) is 1. The van der Waals surface area contributed by atoms with E-state index in [1.54, 1.807) is 0 Å². The van der Waals surface area contributed by atoms with Gasteiger partial charge in [-0.2, -0.15) is 0 Å². The van der Waals surface area contributed by atoms with Crippen LogP contribution >= 0.6 is 0 Å². The van der Waals surface area contributed by atoms with Gasteiger partial charge in [0.1, 0.15) is 17.6 Å².